The van der Waals surface area contributed by atoms with Crippen LogP contribution in [0.3, 0.4) is 0 Å². The van der Waals surface area contributed by atoms with Crippen LogP contribution < -0.4 is 5.73 Å². The molecular weight excluding hydrogens is 357 g/mol. The summed E-state index contributed by atoms with van der Waals surface area (Å²) in [6.07, 6.45) is 2.17. The number of hydrogen-bond acceptors (Lipinski definition) is 3. The Hall–Kier alpha value is -0.810. The summed E-state index contributed by atoms with van der Waals surface area (Å²) in [4.78, 5) is 17.0. The standard InChI is InChI=1S/C19H31N3O.2ClH/c1-4-21(5-2)14-16-10-12-22(13-11-16)19(23)18(20)17-8-6-15(3)7-9-17;;/h6-9,16,18H,4-5,10-14,20H2,1-3H3;2*1H. The number of carbonyl (C=O) groups is 1. The molecule has 2 rings (SSSR count). The van der Waals surface area contributed by atoms with Gasteiger partial charge in [-0.05, 0) is 44.3 Å². The molecule has 1 saturated heterocycles. The lowest BCUT2D eigenvalue weighted by molar-refractivity contribution is -0.134. The number of halogens is 2. The van der Waals surface area contributed by atoms with Crippen molar-refractivity contribution in [2.24, 2.45) is 11.7 Å². The summed E-state index contributed by atoms with van der Waals surface area (Å²) in [6.45, 7) is 11.5. The van der Waals surface area contributed by atoms with E-state index in [0.29, 0.717) is 5.92 Å². The van der Waals surface area contributed by atoms with Gasteiger partial charge in [-0.25, -0.2) is 0 Å². The Labute approximate surface area is 164 Å². The topological polar surface area (TPSA) is 49.6 Å². The van der Waals surface area contributed by atoms with Crippen LogP contribution in [0.1, 0.15) is 43.9 Å². The highest BCUT2D eigenvalue weighted by molar-refractivity contribution is 5.85. The van der Waals surface area contributed by atoms with Crippen LogP contribution in [0.4, 0.5) is 0 Å². The normalized spacial score (nSPS) is 16.1. The number of carbonyl (C=O) groups excluding carboxylic acids is 1. The van der Waals surface area contributed by atoms with Gasteiger partial charge in [0.2, 0.25) is 5.91 Å². The number of hydrogen-bond donors (Lipinski definition) is 1. The average molecular weight is 390 g/mol. The zero-order chi connectivity index (χ0) is 16.8. The van der Waals surface area contributed by atoms with Crippen molar-refractivity contribution in [2.75, 3.05) is 32.7 Å². The zero-order valence-electron chi connectivity index (χ0n) is 15.6. The maximum atomic E-state index is 12.6. The quantitative estimate of drug-likeness (QED) is 0.810. The molecule has 25 heavy (non-hydrogen) atoms. The van der Waals surface area contributed by atoms with Crippen molar-refractivity contribution < 1.29 is 4.79 Å². The first kappa shape index (κ1) is 24.2. The average Bonchev–Trinajstić information content (AvgIpc) is 2.59. The van der Waals surface area contributed by atoms with Gasteiger partial charge in [0, 0.05) is 19.6 Å². The first-order chi connectivity index (χ1) is 11.0. The fourth-order valence-electron chi connectivity index (χ4n) is 3.30. The Balaban J connectivity index is 0.00000288. The van der Waals surface area contributed by atoms with Gasteiger partial charge in [0.25, 0.3) is 0 Å². The number of nitrogens with zero attached hydrogens (tertiary/aromatic N) is 2. The molecule has 1 heterocycles. The van der Waals surface area contributed by atoms with Crippen LogP contribution in [0.25, 0.3) is 0 Å². The molecule has 1 amide bonds. The van der Waals surface area contributed by atoms with Crippen molar-refractivity contribution in [1.82, 2.24) is 9.80 Å². The maximum absolute atomic E-state index is 12.6. The van der Waals surface area contributed by atoms with E-state index < -0.39 is 6.04 Å². The molecule has 4 nitrogen and oxygen atoms in total. The van der Waals surface area contributed by atoms with Gasteiger partial charge >= 0.3 is 0 Å². The third-order valence-electron chi connectivity index (χ3n) is 5.04. The molecule has 0 aliphatic carbocycles. The second-order valence-electron chi connectivity index (χ2n) is 6.64. The molecule has 144 valence electrons. The van der Waals surface area contributed by atoms with Gasteiger partial charge in [-0.1, -0.05) is 43.7 Å². The molecule has 1 aromatic rings. The molecule has 1 fully saturated rings. The molecule has 1 aromatic carbocycles. The highest BCUT2D eigenvalue weighted by Gasteiger charge is 2.27. The summed E-state index contributed by atoms with van der Waals surface area (Å²) < 4.78 is 0. The Morgan fingerprint density at radius 2 is 1.68 bits per heavy atom. The van der Waals surface area contributed by atoms with Gasteiger partial charge in [0.15, 0.2) is 0 Å². The summed E-state index contributed by atoms with van der Waals surface area (Å²) >= 11 is 0. The lowest BCUT2D eigenvalue weighted by Gasteiger charge is -2.35. The molecule has 1 atom stereocenters. The molecular formula is C19H33Cl2N3O. The van der Waals surface area contributed by atoms with Crippen LogP contribution in [0.2, 0.25) is 0 Å². The molecule has 1 aliphatic rings. The van der Waals surface area contributed by atoms with Gasteiger partial charge in [-0.15, -0.1) is 24.8 Å². The number of likely N-dealkylation sites (tertiary alicyclic amines) is 1. The van der Waals surface area contributed by atoms with Crippen LogP contribution in [-0.4, -0.2) is 48.4 Å². The van der Waals surface area contributed by atoms with Crippen molar-refractivity contribution in [3.05, 3.63) is 35.4 Å². The zero-order valence-corrected chi connectivity index (χ0v) is 17.2. The molecule has 0 saturated carbocycles. The number of rotatable bonds is 6. The van der Waals surface area contributed by atoms with Gasteiger partial charge in [-0.2, -0.15) is 0 Å². The van der Waals surface area contributed by atoms with E-state index in [1.165, 1.54) is 5.56 Å². The molecule has 1 aliphatic heterocycles. The van der Waals surface area contributed by atoms with Crippen LogP contribution >= 0.6 is 24.8 Å². The monoisotopic (exact) mass is 389 g/mol. The molecule has 2 N–H and O–H groups in total. The van der Waals surface area contributed by atoms with Gasteiger partial charge in [0.1, 0.15) is 6.04 Å². The highest BCUT2D eigenvalue weighted by Crippen LogP contribution is 2.22. The molecule has 0 aromatic heterocycles. The highest BCUT2D eigenvalue weighted by atomic mass is 35.5. The first-order valence-electron chi connectivity index (χ1n) is 8.88. The van der Waals surface area contributed by atoms with Crippen molar-refractivity contribution in [1.29, 1.82) is 0 Å². The summed E-state index contributed by atoms with van der Waals surface area (Å²) in [6, 6.07) is 7.42. The summed E-state index contributed by atoms with van der Waals surface area (Å²) in [5.74, 6) is 0.768. The van der Waals surface area contributed by atoms with E-state index in [1.807, 2.05) is 36.1 Å². The van der Waals surface area contributed by atoms with Crippen molar-refractivity contribution in [2.45, 2.75) is 39.7 Å². The van der Waals surface area contributed by atoms with E-state index >= 15 is 0 Å². The largest absolute Gasteiger partial charge is 0.341 e. The van der Waals surface area contributed by atoms with E-state index in [0.717, 1.165) is 51.1 Å². The third-order valence-corrected chi connectivity index (χ3v) is 5.04. The number of nitrogens with two attached hydrogens (primary N) is 1. The van der Waals surface area contributed by atoms with E-state index in [9.17, 15) is 4.79 Å². The van der Waals surface area contributed by atoms with Gasteiger partial charge in [0.05, 0.1) is 0 Å². The number of amides is 1. The molecule has 0 spiro atoms. The Bertz CT molecular complexity index is 498. The maximum Gasteiger partial charge on any atom is 0.244 e. The first-order valence-corrected chi connectivity index (χ1v) is 8.88. The lowest BCUT2D eigenvalue weighted by atomic mass is 9.95. The van der Waals surface area contributed by atoms with Crippen molar-refractivity contribution in [3.63, 3.8) is 0 Å². The summed E-state index contributed by atoms with van der Waals surface area (Å²) in [7, 11) is 0. The minimum Gasteiger partial charge on any atom is -0.341 e. The SMILES string of the molecule is CCN(CC)CC1CCN(C(=O)C(N)c2ccc(C)cc2)CC1.Cl.Cl. The van der Waals surface area contributed by atoms with Crippen molar-refractivity contribution in [3.8, 4) is 0 Å². The minimum atomic E-state index is -0.532. The van der Waals surface area contributed by atoms with Crippen LogP contribution in [-0.2, 0) is 4.79 Å². The molecule has 0 radical (unpaired) electrons. The van der Waals surface area contributed by atoms with E-state index in [4.69, 9.17) is 5.73 Å². The number of benzene rings is 1. The molecule has 0 bridgehead atoms. The second-order valence-corrected chi connectivity index (χ2v) is 6.64. The predicted molar refractivity (Wildman–Crippen MR) is 110 cm³/mol. The fraction of sp³-hybridized carbons (Fsp3) is 0.632. The van der Waals surface area contributed by atoms with Crippen molar-refractivity contribution >= 4 is 30.7 Å². The lowest BCUT2D eigenvalue weighted by Crippen LogP contribution is -2.45. The smallest absolute Gasteiger partial charge is 0.244 e. The molecule has 6 heteroatoms. The Morgan fingerprint density at radius 1 is 1.16 bits per heavy atom. The van der Waals surface area contributed by atoms with Gasteiger partial charge < -0.3 is 15.5 Å². The van der Waals surface area contributed by atoms with E-state index in [-0.39, 0.29) is 30.7 Å². The van der Waals surface area contributed by atoms with E-state index in [1.54, 1.807) is 0 Å². The fourth-order valence-corrected chi connectivity index (χ4v) is 3.30. The number of aryl methyl sites for hydroxylation is 1. The minimum absolute atomic E-state index is 0. The van der Waals surface area contributed by atoms with E-state index in [2.05, 4.69) is 18.7 Å². The van der Waals surface area contributed by atoms with Crippen LogP contribution in [0.15, 0.2) is 24.3 Å². The summed E-state index contributed by atoms with van der Waals surface area (Å²) in [5, 5.41) is 0. The van der Waals surface area contributed by atoms with Gasteiger partial charge in [-0.3, -0.25) is 4.79 Å². The number of piperidine rings is 1. The van der Waals surface area contributed by atoms with Crippen LogP contribution in [0.5, 0.6) is 0 Å². The predicted octanol–water partition coefficient (Wildman–Crippen LogP) is 3.42. The second kappa shape index (κ2) is 11.7. The Kier molecular flexibility index (Phi) is 11.4. The Morgan fingerprint density at radius 3 is 2.16 bits per heavy atom. The molecule has 1 unspecified atom stereocenters. The summed E-state index contributed by atoms with van der Waals surface area (Å²) in [5.41, 5.74) is 8.27. The third kappa shape index (κ3) is 6.78. The van der Waals surface area contributed by atoms with Crippen LogP contribution in [0, 0.1) is 12.8 Å².